The summed E-state index contributed by atoms with van der Waals surface area (Å²) in [7, 11) is 3.21. The van der Waals surface area contributed by atoms with Crippen molar-refractivity contribution >= 4 is 41.6 Å². The molecule has 3 rings (SSSR count). The van der Waals surface area contributed by atoms with Crippen molar-refractivity contribution in [1.29, 1.82) is 0 Å². The van der Waals surface area contributed by atoms with Crippen LogP contribution in [0.1, 0.15) is 58.5 Å². The Kier molecular flexibility index (Phi) is 7.89. The number of carbonyl (C=O) groups is 4. The molecule has 1 aliphatic heterocycles. The van der Waals surface area contributed by atoms with Crippen molar-refractivity contribution in [2.45, 2.75) is 45.0 Å². The Morgan fingerprint density at radius 1 is 1.33 bits per heavy atom. The first-order valence-corrected chi connectivity index (χ1v) is 11.5. The van der Waals surface area contributed by atoms with Crippen molar-refractivity contribution in [3.63, 3.8) is 0 Å². The maximum Gasteiger partial charge on any atom is 0.257 e. The lowest BCUT2D eigenvalue weighted by Crippen LogP contribution is -2.41. The Bertz CT molecular complexity index is 1200. The number of aldehydes is 1. The molecule has 3 amide bonds. The molecule has 2 aromatic rings. The highest BCUT2D eigenvalue weighted by molar-refractivity contribution is 6.05. The summed E-state index contributed by atoms with van der Waals surface area (Å²) in [4.78, 5) is 56.3. The average Bonchev–Trinajstić information content (AvgIpc) is 3.18. The van der Waals surface area contributed by atoms with Crippen LogP contribution in [0.4, 0.5) is 11.5 Å². The molecule has 0 saturated heterocycles. The molecule has 0 aliphatic carbocycles. The number of hydrogen-bond acceptors (Lipinski definition) is 7. The lowest BCUT2D eigenvalue weighted by Gasteiger charge is -2.32. The second-order valence-electron chi connectivity index (χ2n) is 9.07. The SMILES string of the molecule is C=Cc1cc(C(=O)Nc2ccc3c(c2)CN(C(C=O)CCC(=O)NC)C3=O)cnc1N(C)C(C)(C)O. The molecule has 0 spiro atoms. The van der Waals surface area contributed by atoms with Crippen molar-refractivity contribution in [2.75, 3.05) is 24.3 Å². The third-order valence-corrected chi connectivity index (χ3v) is 6.21. The van der Waals surface area contributed by atoms with Crippen molar-refractivity contribution in [3.8, 4) is 0 Å². The number of hydrogen-bond donors (Lipinski definition) is 3. The minimum absolute atomic E-state index is 0.131. The van der Waals surface area contributed by atoms with Crippen LogP contribution in [0.2, 0.25) is 0 Å². The molecule has 1 aliphatic rings. The predicted molar refractivity (Wildman–Crippen MR) is 136 cm³/mol. The van der Waals surface area contributed by atoms with Crippen LogP contribution in [0, 0.1) is 0 Å². The number of nitrogens with one attached hydrogen (secondary N) is 2. The van der Waals surface area contributed by atoms with Crippen LogP contribution in [0.5, 0.6) is 0 Å². The second-order valence-corrected chi connectivity index (χ2v) is 9.07. The summed E-state index contributed by atoms with van der Waals surface area (Å²) >= 11 is 0. The number of rotatable bonds is 10. The fourth-order valence-corrected chi connectivity index (χ4v) is 3.88. The number of fused-ring (bicyclic) bond motifs is 1. The highest BCUT2D eigenvalue weighted by Crippen LogP contribution is 2.29. The molecule has 0 radical (unpaired) electrons. The Hall–Kier alpha value is -4.05. The second kappa shape index (κ2) is 10.7. The van der Waals surface area contributed by atoms with E-state index in [1.165, 1.54) is 18.1 Å². The van der Waals surface area contributed by atoms with Gasteiger partial charge in [0.05, 0.1) is 11.6 Å². The molecule has 36 heavy (non-hydrogen) atoms. The molecule has 1 atom stereocenters. The monoisotopic (exact) mass is 493 g/mol. The third-order valence-electron chi connectivity index (χ3n) is 6.21. The standard InChI is InChI=1S/C26H31N5O5/c1-6-16-11-17(13-28-23(16)30(5)26(2,3)36)24(34)29-19-7-9-21-18(12-19)14-31(25(21)35)20(15-32)8-10-22(33)27-4/h6-7,9,11-13,15,20,36H,1,8,10,14H2,2-5H3,(H,27,33)(H,29,34). The van der Waals surface area contributed by atoms with E-state index < -0.39 is 17.7 Å². The molecule has 2 heterocycles. The quantitative estimate of drug-likeness (QED) is 0.341. The number of pyridine rings is 1. The third kappa shape index (κ3) is 5.60. The van der Waals surface area contributed by atoms with Gasteiger partial charge in [0, 0.05) is 50.1 Å². The zero-order valence-corrected chi connectivity index (χ0v) is 20.9. The highest BCUT2D eigenvalue weighted by Gasteiger charge is 2.33. The largest absolute Gasteiger partial charge is 0.371 e. The summed E-state index contributed by atoms with van der Waals surface area (Å²) in [5.74, 6) is -0.417. The Labute approximate surface area is 210 Å². The summed E-state index contributed by atoms with van der Waals surface area (Å²) in [5.41, 5.74) is 1.34. The number of aliphatic hydroxyl groups is 1. The Balaban J connectivity index is 1.76. The highest BCUT2D eigenvalue weighted by atomic mass is 16.3. The molecule has 1 aromatic carbocycles. The van der Waals surface area contributed by atoms with Gasteiger partial charge in [-0.05, 0) is 50.1 Å². The van der Waals surface area contributed by atoms with Crippen LogP contribution < -0.4 is 15.5 Å². The van der Waals surface area contributed by atoms with Gasteiger partial charge < -0.3 is 30.3 Å². The first kappa shape index (κ1) is 26.6. The van der Waals surface area contributed by atoms with Crippen molar-refractivity contribution in [1.82, 2.24) is 15.2 Å². The minimum Gasteiger partial charge on any atom is -0.371 e. The van der Waals surface area contributed by atoms with E-state index in [2.05, 4.69) is 22.2 Å². The molecule has 0 fully saturated rings. The molecular formula is C26H31N5O5. The van der Waals surface area contributed by atoms with E-state index in [-0.39, 0.29) is 31.2 Å². The van der Waals surface area contributed by atoms with Gasteiger partial charge in [-0.15, -0.1) is 0 Å². The van der Waals surface area contributed by atoms with Gasteiger partial charge in [0.2, 0.25) is 5.91 Å². The first-order valence-electron chi connectivity index (χ1n) is 11.5. The molecule has 10 heteroatoms. The summed E-state index contributed by atoms with van der Waals surface area (Å²) < 4.78 is 0. The van der Waals surface area contributed by atoms with E-state index in [0.29, 0.717) is 40.0 Å². The summed E-state index contributed by atoms with van der Waals surface area (Å²) in [6, 6.07) is 5.85. The van der Waals surface area contributed by atoms with Crippen LogP contribution in [-0.2, 0) is 16.1 Å². The molecule has 1 aromatic heterocycles. The van der Waals surface area contributed by atoms with Gasteiger partial charge >= 0.3 is 0 Å². The van der Waals surface area contributed by atoms with Crippen molar-refractivity contribution in [2.24, 2.45) is 0 Å². The molecule has 1 unspecified atom stereocenters. The maximum atomic E-state index is 12.9. The molecule has 0 saturated carbocycles. The fraction of sp³-hybridized carbons (Fsp3) is 0.346. The van der Waals surface area contributed by atoms with Crippen LogP contribution in [0.25, 0.3) is 6.08 Å². The molecule has 0 bridgehead atoms. The van der Waals surface area contributed by atoms with E-state index in [9.17, 15) is 24.3 Å². The van der Waals surface area contributed by atoms with Gasteiger partial charge in [-0.3, -0.25) is 14.4 Å². The molecule has 190 valence electrons. The maximum absolute atomic E-state index is 12.9. The van der Waals surface area contributed by atoms with Gasteiger partial charge in [-0.2, -0.15) is 0 Å². The smallest absolute Gasteiger partial charge is 0.257 e. The Morgan fingerprint density at radius 3 is 2.67 bits per heavy atom. The first-order chi connectivity index (χ1) is 17.0. The number of benzene rings is 1. The van der Waals surface area contributed by atoms with Crippen LogP contribution in [0.15, 0.2) is 37.0 Å². The number of aromatic nitrogens is 1. The average molecular weight is 494 g/mol. The van der Waals surface area contributed by atoms with Crippen LogP contribution in [0.3, 0.4) is 0 Å². The van der Waals surface area contributed by atoms with Crippen molar-refractivity contribution in [3.05, 3.63) is 59.3 Å². The van der Waals surface area contributed by atoms with Gasteiger partial charge in [0.1, 0.15) is 17.8 Å². The molecule has 3 N–H and O–H groups in total. The van der Waals surface area contributed by atoms with E-state index >= 15 is 0 Å². The fourth-order valence-electron chi connectivity index (χ4n) is 3.88. The van der Waals surface area contributed by atoms with Crippen LogP contribution >= 0.6 is 0 Å². The molecular weight excluding hydrogens is 462 g/mol. The number of anilines is 2. The minimum atomic E-state index is -1.16. The summed E-state index contributed by atoms with van der Waals surface area (Å²) in [6.45, 7) is 7.23. The van der Waals surface area contributed by atoms with Crippen LogP contribution in [-0.4, -0.2) is 64.9 Å². The van der Waals surface area contributed by atoms with E-state index in [4.69, 9.17) is 0 Å². The zero-order chi connectivity index (χ0) is 26.6. The Morgan fingerprint density at radius 2 is 2.06 bits per heavy atom. The summed E-state index contributed by atoms with van der Waals surface area (Å²) in [5, 5.41) is 15.6. The van der Waals surface area contributed by atoms with Gasteiger partial charge in [-0.1, -0.05) is 12.7 Å². The zero-order valence-electron chi connectivity index (χ0n) is 20.9. The van der Waals surface area contributed by atoms with Gasteiger partial charge in [0.15, 0.2) is 0 Å². The molecule has 10 nitrogen and oxygen atoms in total. The lowest BCUT2D eigenvalue weighted by molar-refractivity contribution is -0.121. The van der Waals surface area contributed by atoms with Crippen molar-refractivity contribution < 1.29 is 24.3 Å². The summed E-state index contributed by atoms with van der Waals surface area (Å²) in [6.07, 6.45) is 4.01. The number of amides is 3. The van der Waals surface area contributed by atoms with E-state index in [1.54, 1.807) is 56.1 Å². The van der Waals surface area contributed by atoms with E-state index in [0.717, 1.165) is 0 Å². The van der Waals surface area contributed by atoms with E-state index in [1.807, 2.05) is 0 Å². The topological polar surface area (TPSA) is 132 Å². The van der Waals surface area contributed by atoms with Gasteiger partial charge in [-0.25, -0.2) is 4.98 Å². The van der Waals surface area contributed by atoms with Gasteiger partial charge in [0.25, 0.3) is 11.8 Å². The lowest BCUT2D eigenvalue weighted by atomic mass is 10.1. The number of nitrogens with zero attached hydrogens (tertiary/aromatic N) is 3. The number of carbonyl (C=O) groups excluding carboxylic acids is 4. The normalized spacial score (nSPS) is 13.6. The predicted octanol–water partition coefficient (Wildman–Crippen LogP) is 2.19.